The molecule has 1 rings (SSSR count). The molecule has 0 radical (unpaired) electrons. The number of rotatable bonds is 6. The van der Waals surface area contributed by atoms with E-state index in [1.54, 1.807) is 6.20 Å². The highest BCUT2D eigenvalue weighted by Crippen LogP contribution is 2.07. The minimum Gasteiger partial charge on any atom is -0.396 e. The first kappa shape index (κ1) is 11.1. The zero-order chi connectivity index (χ0) is 10.2. The molecule has 0 aliphatic heterocycles. The summed E-state index contributed by atoms with van der Waals surface area (Å²) in [6.45, 7) is 3.30. The van der Waals surface area contributed by atoms with Crippen LogP contribution in [0.1, 0.15) is 31.5 Å². The summed E-state index contributed by atoms with van der Waals surface area (Å²) in [5.74, 6) is 0. The van der Waals surface area contributed by atoms with Crippen LogP contribution >= 0.6 is 0 Å². The highest BCUT2D eigenvalue weighted by Gasteiger charge is 2.03. The minimum absolute atomic E-state index is 0.277. The lowest BCUT2D eigenvalue weighted by Gasteiger charge is -2.12. The molecule has 1 heterocycles. The standard InChI is InChI=1S/C11H18N2O/c1-10(12-7-4-5-9-14)11-6-2-3-8-13-11/h2-3,6,8,10,12,14H,4-5,7,9H2,1H3/t10-/m0/s1. The molecule has 2 N–H and O–H groups in total. The van der Waals surface area contributed by atoms with Gasteiger partial charge in [0.25, 0.3) is 0 Å². The number of aromatic nitrogens is 1. The summed E-state index contributed by atoms with van der Waals surface area (Å²) < 4.78 is 0. The first-order chi connectivity index (χ1) is 6.84. The Kier molecular flexibility index (Phi) is 5.19. The van der Waals surface area contributed by atoms with Crippen LogP contribution in [0, 0.1) is 0 Å². The van der Waals surface area contributed by atoms with E-state index in [0.29, 0.717) is 0 Å². The number of unbranched alkanes of at least 4 members (excludes halogenated alkanes) is 1. The maximum Gasteiger partial charge on any atom is 0.0570 e. The summed E-state index contributed by atoms with van der Waals surface area (Å²) in [7, 11) is 0. The van der Waals surface area contributed by atoms with Gasteiger partial charge < -0.3 is 10.4 Å². The van der Waals surface area contributed by atoms with Crippen LogP contribution in [0.5, 0.6) is 0 Å². The van der Waals surface area contributed by atoms with E-state index in [0.717, 1.165) is 25.1 Å². The first-order valence-electron chi connectivity index (χ1n) is 5.09. The predicted molar refractivity (Wildman–Crippen MR) is 57.0 cm³/mol. The Morgan fingerprint density at radius 1 is 1.43 bits per heavy atom. The van der Waals surface area contributed by atoms with Gasteiger partial charge in [-0.2, -0.15) is 0 Å². The minimum atomic E-state index is 0.277. The molecular weight excluding hydrogens is 176 g/mol. The van der Waals surface area contributed by atoms with Gasteiger partial charge in [-0.05, 0) is 38.4 Å². The second kappa shape index (κ2) is 6.51. The maximum atomic E-state index is 8.61. The van der Waals surface area contributed by atoms with Crippen molar-refractivity contribution in [3.05, 3.63) is 30.1 Å². The Bertz CT molecular complexity index is 238. The van der Waals surface area contributed by atoms with Gasteiger partial charge in [-0.15, -0.1) is 0 Å². The zero-order valence-electron chi connectivity index (χ0n) is 8.61. The fraction of sp³-hybridized carbons (Fsp3) is 0.545. The molecule has 0 unspecified atom stereocenters. The van der Waals surface area contributed by atoms with E-state index in [2.05, 4.69) is 17.2 Å². The Morgan fingerprint density at radius 3 is 2.93 bits per heavy atom. The zero-order valence-corrected chi connectivity index (χ0v) is 8.61. The number of nitrogens with one attached hydrogen (secondary N) is 1. The summed E-state index contributed by atoms with van der Waals surface area (Å²) in [5, 5.41) is 12.0. The van der Waals surface area contributed by atoms with Crippen LogP contribution in [0.25, 0.3) is 0 Å². The lowest BCUT2D eigenvalue weighted by molar-refractivity contribution is 0.283. The Labute approximate surface area is 85.2 Å². The van der Waals surface area contributed by atoms with Gasteiger partial charge in [0.05, 0.1) is 5.69 Å². The molecule has 1 atom stereocenters. The van der Waals surface area contributed by atoms with Crippen LogP contribution in [-0.4, -0.2) is 23.2 Å². The highest BCUT2D eigenvalue weighted by atomic mass is 16.2. The van der Waals surface area contributed by atoms with Crippen molar-refractivity contribution >= 4 is 0 Å². The van der Waals surface area contributed by atoms with E-state index in [-0.39, 0.29) is 12.6 Å². The van der Waals surface area contributed by atoms with Gasteiger partial charge >= 0.3 is 0 Å². The van der Waals surface area contributed by atoms with Crippen molar-refractivity contribution in [2.45, 2.75) is 25.8 Å². The number of hydrogen-bond donors (Lipinski definition) is 2. The summed E-state index contributed by atoms with van der Waals surface area (Å²) >= 11 is 0. The molecule has 14 heavy (non-hydrogen) atoms. The molecule has 0 aromatic carbocycles. The summed E-state index contributed by atoms with van der Waals surface area (Å²) in [4.78, 5) is 4.27. The number of aliphatic hydroxyl groups is 1. The molecule has 0 bridgehead atoms. The number of nitrogens with zero attached hydrogens (tertiary/aromatic N) is 1. The van der Waals surface area contributed by atoms with E-state index in [1.807, 2.05) is 18.2 Å². The summed E-state index contributed by atoms with van der Waals surface area (Å²) in [6.07, 6.45) is 3.68. The second-order valence-corrected chi connectivity index (χ2v) is 3.36. The second-order valence-electron chi connectivity index (χ2n) is 3.36. The van der Waals surface area contributed by atoms with Crippen LogP contribution in [0.15, 0.2) is 24.4 Å². The van der Waals surface area contributed by atoms with Gasteiger partial charge in [-0.25, -0.2) is 0 Å². The third kappa shape index (κ3) is 3.85. The van der Waals surface area contributed by atoms with Gasteiger partial charge in [0.15, 0.2) is 0 Å². The van der Waals surface area contributed by atoms with Gasteiger partial charge in [0.1, 0.15) is 0 Å². The van der Waals surface area contributed by atoms with Crippen LogP contribution in [-0.2, 0) is 0 Å². The van der Waals surface area contributed by atoms with E-state index >= 15 is 0 Å². The third-order valence-electron chi connectivity index (χ3n) is 2.17. The predicted octanol–water partition coefficient (Wildman–Crippen LogP) is 1.50. The molecule has 0 saturated heterocycles. The van der Waals surface area contributed by atoms with Crippen LogP contribution < -0.4 is 5.32 Å². The SMILES string of the molecule is C[C@H](NCCCCO)c1ccccn1. The maximum absolute atomic E-state index is 8.61. The molecule has 78 valence electrons. The van der Waals surface area contributed by atoms with E-state index < -0.39 is 0 Å². The number of pyridine rings is 1. The van der Waals surface area contributed by atoms with Gasteiger partial charge in [-0.1, -0.05) is 6.07 Å². The lowest BCUT2D eigenvalue weighted by Crippen LogP contribution is -2.20. The van der Waals surface area contributed by atoms with Crippen LogP contribution in [0.3, 0.4) is 0 Å². The van der Waals surface area contributed by atoms with Crippen LogP contribution in [0.4, 0.5) is 0 Å². The Balaban J connectivity index is 2.25. The Hall–Kier alpha value is -0.930. The topological polar surface area (TPSA) is 45.1 Å². The first-order valence-corrected chi connectivity index (χ1v) is 5.09. The summed E-state index contributed by atoms with van der Waals surface area (Å²) in [6, 6.07) is 6.22. The van der Waals surface area contributed by atoms with Gasteiger partial charge in [0, 0.05) is 18.8 Å². The fourth-order valence-electron chi connectivity index (χ4n) is 1.29. The van der Waals surface area contributed by atoms with Crippen molar-refractivity contribution in [3.8, 4) is 0 Å². The van der Waals surface area contributed by atoms with E-state index in [1.165, 1.54) is 0 Å². The fourth-order valence-corrected chi connectivity index (χ4v) is 1.29. The van der Waals surface area contributed by atoms with Gasteiger partial charge in [0.2, 0.25) is 0 Å². The van der Waals surface area contributed by atoms with Crippen molar-refractivity contribution in [2.24, 2.45) is 0 Å². The molecule has 0 amide bonds. The molecule has 0 saturated carbocycles. The number of aliphatic hydroxyl groups excluding tert-OH is 1. The quantitative estimate of drug-likeness (QED) is 0.675. The number of hydrogen-bond acceptors (Lipinski definition) is 3. The van der Waals surface area contributed by atoms with E-state index in [4.69, 9.17) is 5.11 Å². The molecule has 3 nitrogen and oxygen atoms in total. The smallest absolute Gasteiger partial charge is 0.0570 e. The van der Waals surface area contributed by atoms with Crippen LogP contribution in [0.2, 0.25) is 0 Å². The largest absolute Gasteiger partial charge is 0.396 e. The van der Waals surface area contributed by atoms with Crippen molar-refractivity contribution in [2.75, 3.05) is 13.2 Å². The van der Waals surface area contributed by atoms with Crippen molar-refractivity contribution < 1.29 is 5.11 Å². The molecule has 1 aromatic rings. The molecule has 3 heteroatoms. The summed E-state index contributed by atoms with van der Waals surface area (Å²) in [5.41, 5.74) is 1.07. The molecule has 0 spiro atoms. The molecule has 0 aliphatic carbocycles. The average Bonchev–Trinajstić information content (AvgIpc) is 2.25. The molecule has 0 aliphatic rings. The lowest BCUT2D eigenvalue weighted by atomic mass is 10.2. The van der Waals surface area contributed by atoms with Crippen molar-refractivity contribution in [1.82, 2.24) is 10.3 Å². The Morgan fingerprint density at radius 2 is 2.29 bits per heavy atom. The van der Waals surface area contributed by atoms with Crippen molar-refractivity contribution in [1.29, 1.82) is 0 Å². The monoisotopic (exact) mass is 194 g/mol. The molecule has 1 aromatic heterocycles. The molecular formula is C11H18N2O. The highest BCUT2D eigenvalue weighted by molar-refractivity contribution is 5.07. The third-order valence-corrected chi connectivity index (χ3v) is 2.17. The normalized spacial score (nSPS) is 12.7. The van der Waals surface area contributed by atoms with E-state index in [9.17, 15) is 0 Å². The average molecular weight is 194 g/mol. The van der Waals surface area contributed by atoms with Gasteiger partial charge in [-0.3, -0.25) is 4.98 Å². The molecule has 0 fully saturated rings. The van der Waals surface area contributed by atoms with Crippen molar-refractivity contribution in [3.63, 3.8) is 0 Å².